The average molecular weight is 141 g/mol. The Morgan fingerprint density at radius 2 is 2.20 bits per heavy atom. The van der Waals surface area contributed by atoms with Gasteiger partial charge in [0.15, 0.2) is 0 Å². The molecule has 1 aliphatic carbocycles. The zero-order valence-electron chi connectivity index (χ0n) is 6.52. The number of carbonyl (C=O) groups excluding carboxylic acids is 1. The number of hydrogen-bond donors (Lipinski definition) is 1. The third-order valence-corrected chi connectivity index (χ3v) is 2.61. The van der Waals surface area contributed by atoms with E-state index in [1.54, 1.807) is 0 Å². The van der Waals surface area contributed by atoms with E-state index in [0.29, 0.717) is 18.7 Å². The first-order valence-electron chi connectivity index (χ1n) is 3.98. The van der Waals surface area contributed by atoms with Crippen LogP contribution in [0.2, 0.25) is 0 Å². The largest absolute Gasteiger partial charge is 0.329 e. The SMILES string of the molecule is CCC(=O)C1(CN)CCC1. The molecule has 0 bridgehead atoms. The molecule has 0 heterocycles. The molecule has 1 rings (SSSR count). The van der Waals surface area contributed by atoms with Crippen LogP contribution < -0.4 is 5.73 Å². The van der Waals surface area contributed by atoms with Crippen molar-refractivity contribution in [2.24, 2.45) is 11.1 Å². The molecule has 0 saturated heterocycles. The molecule has 2 nitrogen and oxygen atoms in total. The zero-order chi connectivity index (χ0) is 7.61. The number of carbonyl (C=O) groups is 1. The van der Waals surface area contributed by atoms with Crippen molar-refractivity contribution >= 4 is 5.78 Å². The van der Waals surface area contributed by atoms with Gasteiger partial charge < -0.3 is 5.73 Å². The maximum atomic E-state index is 11.3. The Morgan fingerprint density at radius 1 is 1.60 bits per heavy atom. The lowest BCUT2D eigenvalue weighted by atomic mass is 9.65. The minimum Gasteiger partial charge on any atom is -0.329 e. The Hall–Kier alpha value is -0.370. The van der Waals surface area contributed by atoms with Gasteiger partial charge in [-0.15, -0.1) is 0 Å². The molecular formula is C8H15NO. The maximum absolute atomic E-state index is 11.3. The second kappa shape index (κ2) is 2.70. The van der Waals surface area contributed by atoms with Gasteiger partial charge in [-0.05, 0) is 12.8 Å². The van der Waals surface area contributed by atoms with Crippen molar-refractivity contribution in [2.75, 3.05) is 6.54 Å². The molecule has 2 N–H and O–H groups in total. The van der Waals surface area contributed by atoms with Gasteiger partial charge in [0, 0.05) is 18.4 Å². The zero-order valence-corrected chi connectivity index (χ0v) is 6.52. The second-order valence-electron chi connectivity index (χ2n) is 3.11. The van der Waals surface area contributed by atoms with Crippen molar-refractivity contribution in [3.63, 3.8) is 0 Å². The molecule has 0 spiro atoms. The van der Waals surface area contributed by atoms with Crippen LogP contribution in [0.3, 0.4) is 0 Å². The van der Waals surface area contributed by atoms with Crippen LogP contribution in [0.4, 0.5) is 0 Å². The van der Waals surface area contributed by atoms with E-state index in [1.807, 2.05) is 6.92 Å². The molecule has 0 radical (unpaired) electrons. The molecule has 0 aromatic heterocycles. The molecule has 1 fully saturated rings. The molecule has 2 heteroatoms. The van der Waals surface area contributed by atoms with Gasteiger partial charge in [-0.25, -0.2) is 0 Å². The van der Waals surface area contributed by atoms with Crippen molar-refractivity contribution < 1.29 is 4.79 Å². The van der Waals surface area contributed by atoms with E-state index >= 15 is 0 Å². The summed E-state index contributed by atoms with van der Waals surface area (Å²) >= 11 is 0. The summed E-state index contributed by atoms with van der Waals surface area (Å²) in [5.74, 6) is 0.362. The maximum Gasteiger partial charge on any atom is 0.140 e. The van der Waals surface area contributed by atoms with E-state index in [-0.39, 0.29) is 5.41 Å². The third kappa shape index (κ3) is 0.966. The fourth-order valence-electron chi connectivity index (χ4n) is 1.58. The summed E-state index contributed by atoms with van der Waals surface area (Å²) in [5, 5.41) is 0. The first kappa shape index (κ1) is 7.73. The highest BCUT2D eigenvalue weighted by Crippen LogP contribution is 2.41. The summed E-state index contributed by atoms with van der Waals surface area (Å²) in [5.41, 5.74) is 5.44. The average Bonchev–Trinajstić information content (AvgIpc) is 1.86. The van der Waals surface area contributed by atoms with E-state index in [0.717, 1.165) is 12.8 Å². The topological polar surface area (TPSA) is 43.1 Å². The van der Waals surface area contributed by atoms with Gasteiger partial charge in [-0.2, -0.15) is 0 Å². The Labute approximate surface area is 61.8 Å². The smallest absolute Gasteiger partial charge is 0.140 e. The van der Waals surface area contributed by atoms with Gasteiger partial charge >= 0.3 is 0 Å². The molecule has 1 aliphatic rings. The normalized spacial score (nSPS) is 21.8. The van der Waals surface area contributed by atoms with Crippen molar-refractivity contribution in [3.05, 3.63) is 0 Å². The summed E-state index contributed by atoms with van der Waals surface area (Å²) < 4.78 is 0. The van der Waals surface area contributed by atoms with Crippen LogP contribution in [0.25, 0.3) is 0 Å². The standard InChI is InChI=1S/C8H15NO/c1-2-7(10)8(6-9)4-3-5-8/h2-6,9H2,1H3. The van der Waals surface area contributed by atoms with Crippen LogP contribution in [0, 0.1) is 5.41 Å². The summed E-state index contributed by atoms with van der Waals surface area (Å²) in [6, 6.07) is 0. The lowest BCUT2D eigenvalue weighted by Gasteiger charge is -2.39. The Morgan fingerprint density at radius 3 is 2.30 bits per heavy atom. The molecule has 0 amide bonds. The Bertz CT molecular complexity index is 133. The van der Waals surface area contributed by atoms with Crippen molar-refractivity contribution in [3.8, 4) is 0 Å². The van der Waals surface area contributed by atoms with Gasteiger partial charge in [0.25, 0.3) is 0 Å². The quantitative estimate of drug-likeness (QED) is 0.639. The van der Waals surface area contributed by atoms with E-state index in [9.17, 15) is 4.79 Å². The molecule has 0 unspecified atom stereocenters. The van der Waals surface area contributed by atoms with Crippen LogP contribution in [0.15, 0.2) is 0 Å². The minimum absolute atomic E-state index is 0.0885. The van der Waals surface area contributed by atoms with Crippen molar-refractivity contribution in [1.29, 1.82) is 0 Å². The molecular weight excluding hydrogens is 126 g/mol. The number of hydrogen-bond acceptors (Lipinski definition) is 2. The van der Waals surface area contributed by atoms with Gasteiger partial charge in [0.05, 0.1) is 0 Å². The van der Waals surface area contributed by atoms with E-state index < -0.39 is 0 Å². The van der Waals surface area contributed by atoms with Gasteiger partial charge in [-0.3, -0.25) is 4.79 Å². The van der Waals surface area contributed by atoms with Gasteiger partial charge in [0.2, 0.25) is 0 Å². The first-order chi connectivity index (χ1) is 4.75. The summed E-state index contributed by atoms with van der Waals surface area (Å²) in [6.45, 7) is 2.47. The van der Waals surface area contributed by atoms with Gasteiger partial charge in [-0.1, -0.05) is 13.3 Å². The van der Waals surface area contributed by atoms with E-state index in [4.69, 9.17) is 5.73 Å². The first-order valence-corrected chi connectivity index (χ1v) is 3.98. The number of Topliss-reactive ketones (excluding diaryl/α,β-unsaturated/α-hetero) is 1. The molecule has 0 aromatic carbocycles. The molecule has 0 atom stereocenters. The van der Waals surface area contributed by atoms with E-state index in [2.05, 4.69) is 0 Å². The number of nitrogens with two attached hydrogens (primary N) is 1. The van der Waals surface area contributed by atoms with Gasteiger partial charge in [0.1, 0.15) is 5.78 Å². The lowest BCUT2D eigenvalue weighted by Crippen LogP contribution is -2.44. The molecule has 58 valence electrons. The van der Waals surface area contributed by atoms with Crippen LogP contribution in [0.5, 0.6) is 0 Å². The fraction of sp³-hybridized carbons (Fsp3) is 0.875. The Balaban J connectivity index is 2.55. The van der Waals surface area contributed by atoms with Crippen molar-refractivity contribution in [1.82, 2.24) is 0 Å². The summed E-state index contributed by atoms with van der Waals surface area (Å²) in [7, 11) is 0. The molecule has 1 saturated carbocycles. The minimum atomic E-state index is -0.0885. The second-order valence-corrected chi connectivity index (χ2v) is 3.11. The predicted molar refractivity (Wildman–Crippen MR) is 40.6 cm³/mol. The van der Waals surface area contributed by atoms with Crippen molar-refractivity contribution in [2.45, 2.75) is 32.6 Å². The fourth-order valence-corrected chi connectivity index (χ4v) is 1.58. The monoisotopic (exact) mass is 141 g/mol. The molecule has 0 aliphatic heterocycles. The highest BCUT2D eigenvalue weighted by atomic mass is 16.1. The summed E-state index contributed by atoms with van der Waals surface area (Å²) in [4.78, 5) is 11.3. The number of rotatable bonds is 3. The van der Waals surface area contributed by atoms with E-state index in [1.165, 1.54) is 6.42 Å². The lowest BCUT2D eigenvalue weighted by molar-refractivity contribution is -0.132. The van der Waals surface area contributed by atoms with Crippen LogP contribution >= 0.6 is 0 Å². The molecule has 10 heavy (non-hydrogen) atoms. The molecule has 0 aromatic rings. The highest BCUT2D eigenvalue weighted by Gasteiger charge is 2.40. The number of ketones is 1. The van der Waals surface area contributed by atoms with Crippen LogP contribution in [0.1, 0.15) is 32.6 Å². The third-order valence-electron chi connectivity index (χ3n) is 2.61. The summed E-state index contributed by atoms with van der Waals surface area (Å²) in [6.07, 6.45) is 3.88. The Kier molecular flexibility index (Phi) is 2.09. The highest BCUT2D eigenvalue weighted by molar-refractivity contribution is 5.85. The van der Waals surface area contributed by atoms with Crippen LogP contribution in [-0.4, -0.2) is 12.3 Å². The predicted octanol–water partition coefficient (Wildman–Crippen LogP) is 1.09. The van der Waals surface area contributed by atoms with Crippen LogP contribution in [-0.2, 0) is 4.79 Å².